The summed E-state index contributed by atoms with van der Waals surface area (Å²) in [6, 6.07) is 0. The molecule has 0 radical (unpaired) electrons. The first-order valence-corrected chi connectivity index (χ1v) is 8.00. The Hall–Kier alpha value is -0.0500. The van der Waals surface area contributed by atoms with Crippen LogP contribution in [0.15, 0.2) is 0 Å². The summed E-state index contributed by atoms with van der Waals surface area (Å²) in [4.78, 5) is 12.7. The van der Waals surface area contributed by atoms with Gasteiger partial charge in [-0.15, -0.1) is 0 Å². The minimum absolute atomic E-state index is 0.242. The van der Waals surface area contributed by atoms with Gasteiger partial charge in [-0.05, 0) is 38.0 Å². The van der Waals surface area contributed by atoms with E-state index in [1.54, 1.807) is 0 Å². The topological polar surface area (TPSA) is 29.1 Å². The summed E-state index contributed by atoms with van der Waals surface area (Å²) in [5.41, 5.74) is 0. The highest BCUT2D eigenvalue weighted by Gasteiger charge is 2.24. The summed E-state index contributed by atoms with van der Waals surface area (Å²) in [7, 11) is 0. The minimum Gasteiger partial charge on any atom is -0.356 e. The molecule has 0 aliphatic heterocycles. The van der Waals surface area contributed by atoms with Crippen LogP contribution in [0.2, 0.25) is 0 Å². The zero-order valence-corrected chi connectivity index (χ0v) is 12.8. The third-order valence-corrected chi connectivity index (χ3v) is 4.52. The van der Waals surface area contributed by atoms with E-state index in [-0.39, 0.29) is 11.8 Å². The summed E-state index contributed by atoms with van der Waals surface area (Å²) >= 11 is 3.65. The fraction of sp³-hybridized carbons (Fsp3) is 0.929. The molecule has 3 heteroatoms. The molecule has 2 nitrogen and oxygen atoms in total. The quantitative estimate of drug-likeness (QED) is 0.711. The molecule has 0 aromatic carbocycles. The van der Waals surface area contributed by atoms with E-state index in [9.17, 15) is 4.79 Å². The van der Waals surface area contributed by atoms with E-state index in [4.69, 9.17) is 0 Å². The van der Waals surface area contributed by atoms with Crippen molar-refractivity contribution in [3.63, 3.8) is 0 Å². The minimum atomic E-state index is 0.242. The average Bonchev–Trinajstić information content (AvgIpc) is 2.72. The van der Waals surface area contributed by atoms with Crippen molar-refractivity contribution in [2.75, 3.05) is 6.54 Å². The highest BCUT2D eigenvalue weighted by atomic mass is 79.9. The molecular formula is C14H26BrNO. The van der Waals surface area contributed by atoms with E-state index >= 15 is 0 Å². The molecule has 17 heavy (non-hydrogen) atoms. The van der Waals surface area contributed by atoms with Crippen LogP contribution >= 0.6 is 15.9 Å². The number of carbonyl (C=O) groups is 1. The van der Waals surface area contributed by atoms with E-state index in [0.29, 0.717) is 10.7 Å². The van der Waals surface area contributed by atoms with E-state index in [0.717, 1.165) is 32.2 Å². The molecule has 1 rings (SSSR count). The average molecular weight is 304 g/mol. The third-order valence-electron chi connectivity index (χ3n) is 3.69. The standard InChI is InChI=1S/C14H26BrNO/c1-3-5-12(6-4-2)14(17)16-10-11-7-8-13(15)9-11/h11-13H,3-10H2,1-2H3,(H,16,17). The van der Waals surface area contributed by atoms with Crippen molar-refractivity contribution in [2.45, 2.75) is 63.6 Å². The Balaban J connectivity index is 2.26. The van der Waals surface area contributed by atoms with E-state index in [1.807, 2.05) is 0 Å². The molecule has 1 saturated carbocycles. The molecular weight excluding hydrogens is 278 g/mol. The lowest BCUT2D eigenvalue weighted by Gasteiger charge is -2.17. The first kappa shape index (κ1) is 15.0. The predicted molar refractivity (Wildman–Crippen MR) is 76.4 cm³/mol. The number of rotatable bonds is 7. The van der Waals surface area contributed by atoms with Crippen molar-refractivity contribution in [3.8, 4) is 0 Å². The molecule has 0 bridgehead atoms. The lowest BCUT2D eigenvalue weighted by atomic mass is 9.97. The maximum absolute atomic E-state index is 12.0. The van der Waals surface area contributed by atoms with Gasteiger partial charge in [0.2, 0.25) is 5.91 Å². The molecule has 1 aliphatic rings. The predicted octanol–water partition coefficient (Wildman–Crippen LogP) is 3.88. The van der Waals surface area contributed by atoms with Crippen molar-refractivity contribution < 1.29 is 4.79 Å². The fourth-order valence-electron chi connectivity index (χ4n) is 2.69. The second-order valence-electron chi connectivity index (χ2n) is 5.30. The smallest absolute Gasteiger partial charge is 0.223 e. The van der Waals surface area contributed by atoms with Crippen LogP contribution in [0, 0.1) is 11.8 Å². The summed E-state index contributed by atoms with van der Waals surface area (Å²) in [5.74, 6) is 1.21. The second kappa shape index (κ2) is 8.12. The lowest BCUT2D eigenvalue weighted by Crippen LogP contribution is -2.34. The van der Waals surface area contributed by atoms with Crippen molar-refractivity contribution in [3.05, 3.63) is 0 Å². The van der Waals surface area contributed by atoms with Gasteiger partial charge in [0.05, 0.1) is 0 Å². The van der Waals surface area contributed by atoms with E-state index in [1.165, 1.54) is 19.3 Å². The lowest BCUT2D eigenvalue weighted by molar-refractivity contribution is -0.125. The Labute approximate surface area is 114 Å². The van der Waals surface area contributed by atoms with Crippen molar-refractivity contribution in [1.29, 1.82) is 0 Å². The molecule has 0 aromatic rings. The normalized spacial score (nSPS) is 24.2. The Morgan fingerprint density at radius 3 is 2.41 bits per heavy atom. The number of nitrogens with one attached hydrogen (secondary N) is 1. The van der Waals surface area contributed by atoms with Crippen molar-refractivity contribution in [1.82, 2.24) is 5.32 Å². The van der Waals surface area contributed by atoms with Gasteiger partial charge in [-0.1, -0.05) is 42.6 Å². The zero-order valence-electron chi connectivity index (χ0n) is 11.2. The highest BCUT2D eigenvalue weighted by Crippen LogP contribution is 2.30. The third kappa shape index (κ3) is 5.41. The fourth-order valence-corrected chi connectivity index (χ4v) is 3.49. The maximum atomic E-state index is 12.0. The summed E-state index contributed by atoms with van der Waals surface area (Å²) in [6.07, 6.45) is 8.00. The zero-order chi connectivity index (χ0) is 12.7. The van der Waals surface area contributed by atoms with Crippen LogP contribution in [-0.4, -0.2) is 17.3 Å². The van der Waals surface area contributed by atoms with Crippen LogP contribution < -0.4 is 5.32 Å². The molecule has 0 saturated heterocycles. The second-order valence-corrected chi connectivity index (χ2v) is 6.59. The highest BCUT2D eigenvalue weighted by molar-refractivity contribution is 9.09. The van der Waals surface area contributed by atoms with Crippen LogP contribution in [0.5, 0.6) is 0 Å². The number of carbonyl (C=O) groups excluding carboxylic acids is 1. The van der Waals surface area contributed by atoms with Crippen molar-refractivity contribution >= 4 is 21.8 Å². The van der Waals surface area contributed by atoms with Gasteiger partial charge in [0.1, 0.15) is 0 Å². The largest absolute Gasteiger partial charge is 0.356 e. The van der Waals surface area contributed by atoms with Gasteiger partial charge < -0.3 is 5.32 Å². The van der Waals surface area contributed by atoms with Crippen LogP contribution in [-0.2, 0) is 4.79 Å². The molecule has 1 amide bonds. The molecule has 0 aromatic heterocycles. The van der Waals surface area contributed by atoms with Gasteiger partial charge in [0.15, 0.2) is 0 Å². The summed E-state index contributed by atoms with van der Waals surface area (Å²) in [5, 5.41) is 3.16. The number of halogens is 1. The summed E-state index contributed by atoms with van der Waals surface area (Å²) < 4.78 is 0. The van der Waals surface area contributed by atoms with Gasteiger partial charge >= 0.3 is 0 Å². The molecule has 1 aliphatic carbocycles. The SMILES string of the molecule is CCCC(CCC)C(=O)NCC1CCC(Br)C1. The van der Waals surface area contributed by atoms with Crippen molar-refractivity contribution in [2.24, 2.45) is 11.8 Å². The molecule has 100 valence electrons. The van der Waals surface area contributed by atoms with Crippen LogP contribution in [0.1, 0.15) is 58.8 Å². The Kier molecular flexibility index (Phi) is 7.17. The van der Waals surface area contributed by atoms with Crippen LogP contribution in [0.3, 0.4) is 0 Å². The number of hydrogen-bond donors (Lipinski definition) is 1. The van der Waals surface area contributed by atoms with Gasteiger partial charge in [-0.2, -0.15) is 0 Å². The van der Waals surface area contributed by atoms with Gasteiger partial charge in [-0.25, -0.2) is 0 Å². The van der Waals surface area contributed by atoms with Crippen LogP contribution in [0.25, 0.3) is 0 Å². The van der Waals surface area contributed by atoms with E-state index in [2.05, 4.69) is 35.1 Å². The van der Waals surface area contributed by atoms with Gasteiger partial charge in [0.25, 0.3) is 0 Å². The monoisotopic (exact) mass is 303 g/mol. The first-order chi connectivity index (χ1) is 8.17. The van der Waals surface area contributed by atoms with Crippen LogP contribution in [0.4, 0.5) is 0 Å². The van der Waals surface area contributed by atoms with Gasteiger partial charge in [0, 0.05) is 17.3 Å². The Bertz CT molecular complexity index is 226. The number of alkyl halides is 1. The molecule has 1 N–H and O–H groups in total. The Morgan fingerprint density at radius 2 is 1.94 bits per heavy atom. The molecule has 2 unspecified atom stereocenters. The molecule has 1 fully saturated rings. The number of amides is 1. The summed E-state index contributed by atoms with van der Waals surface area (Å²) in [6.45, 7) is 5.19. The van der Waals surface area contributed by atoms with E-state index < -0.39 is 0 Å². The number of hydrogen-bond acceptors (Lipinski definition) is 1. The maximum Gasteiger partial charge on any atom is 0.223 e. The molecule has 0 heterocycles. The van der Waals surface area contributed by atoms with Gasteiger partial charge in [-0.3, -0.25) is 4.79 Å². The molecule has 2 atom stereocenters. The Morgan fingerprint density at radius 1 is 1.29 bits per heavy atom. The first-order valence-electron chi connectivity index (χ1n) is 7.09. The molecule has 0 spiro atoms.